The van der Waals surface area contributed by atoms with Gasteiger partial charge in [-0.3, -0.25) is 4.79 Å². The molecule has 0 aromatic heterocycles. The number of rotatable bonds is 8. The van der Waals surface area contributed by atoms with Crippen LogP contribution in [0, 0.1) is 0 Å². The Kier molecular flexibility index (Phi) is 6.30. The fourth-order valence-corrected chi connectivity index (χ4v) is 4.17. The second-order valence-electron chi connectivity index (χ2n) is 6.95. The van der Waals surface area contributed by atoms with Crippen LogP contribution in [0.1, 0.15) is 30.9 Å². The number of aliphatic carboxylic acids is 1. The van der Waals surface area contributed by atoms with Crippen molar-refractivity contribution in [2.45, 2.75) is 25.2 Å². The molecular formula is C23H22O5P+. The van der Waals surface area contributed by atoms with Crippen molar-refractivity contribution in [2.24, 2.45) is 0 Å². The monoisotopic (exact) mass is 409 g/mol. The first-order valence-corrected chi connectivity index (χ1v) is 10.4. The van der Waals surface area contributed by atoms with Crippen molar-refractivity contribution >= 4 is 19.3 Å². The Balaban J connectivity index is 2.03. The number of carbonyl (C=O) groups is 1. The minimum atomic E-state index is -2.12. The molecule has 0 aliphatic heterocycles. The van der Waals surface area contributed by atoms with E-state index >= 15 is 0 Å². The van der Waals surface area contributed by atoms with E-state index in [-0.39, 0.29) is 12.2 Å². The standard InChI is InChI=1S/C23H21O5P/c1-23(16-15-22(25)26,17-11-13-18(24)14-12-17)20-9-5-6-10-21(20)28-29(27)19-7-3-2-4-8-19/h2-14H,15-16H2,1H3,(H-,24,25,26)/p+1. The van der Waals surface area contributed by atoms with Crippen LogP contribution in [-0.4, -0.2) is 16.2 Å². The molecule has 0 amide bonds. The van der Waals surface area contributed by atoms with E-state index < -0.39 is 19.4 Å². The number of benzene rings is 3. The summed E-state index contributed by atoms with van der Waals surface area (Å²) in [5.74, 6) is -0.326. The lowest BCUT2D eigenvalue weighted by Gasteiger charge is -2.31. The lowest BCUT2D eigenvalue weighted by Crippen LogP contribution is -2.25. The maximum Gasteiger partial charge on any atom is 0.597 e. The summed E-state index contributed by atoms with van der Waals surface area (Å²) in [5.41, 5.74) is 0.865. The number of hydrogen-bond donors (Lipinski definition) is 2. The average Bonchev–Trinajstić information content (AvgIpc) is 2.73. The zero-order valence-corrected chi connectivity index (χ0v) is 16.9. The Labute approximate surface area is 170 Å². The first-order chi connectivity index (χ1) is 13.9. The number of phenols is 1. The highest BCUT2D eigenvalue weighted by Crippen LogP contribution is 2.43. The zero-order valence-electron chi connectivity index (χ0n) is 16.0. The summed E-state index contributed by atoms with van der Waals surface area (Å²) in [6.07, 6.45) is 0.270. The molecule has 5 nitrogen and oxygen atoms in total. The van der Waals surface area contributed by atoms with E-state index in [0.29, 0.717) is 17.5 Å². The highest BCUT2D eigenvalue weighted by atomic mass is 31.1. The zero-order chi connectivity index (χ0) is 20.9. The molecule has 0 fully saturated rings. The minimum Gasteiger partial charge on any atom is -0.508 e. The van der Waals surface area contributed by atoms with E-state index in [4.69, 9.17) is 4.52 Å². The number of aromatic hydroxyl groups is 1. The van der Waals surface area contributed by atoms with Crippen LogP contribution in [0.3, 0.4) is 0 Å². The van der Waals surface area contributed by atoms with Crippen molar-refractivity contribution in [2.75, 3.05) is 0 Å². The molecule has 0 aliphatic rings. The van der Waals surface area contributed by atoms with Crippen molar-refractivity contribution in [1.82, 2.24) is 0 Å². The second kappa shape index (κ2) is 8.89. The minimum absolute atomic E-state index is 0.0451. The van der Waals surface area contributed by atoms with Gasteiger partial charge in [-0.15, -0.1) is 0 Å². The third kappa shape index (κ3) is 4.82. The highest BCUT2D eigenvalue weighted by Gasteiger charge is 2.35. The Hall–Kier alpha value is -3.17. The molecule has 0 aliphatic carbocycles. The van der Waals surface area contributed by atoms with Crippen LogP contribution < -0.4 is 9.83 Å². The summed E-state index contributed by atoms with van der Waals surface area (Å²) in [4.78, 5) is 11.3. The number of carboxylic acid groups (broad SMARTS) is 1. The van der Waals surface area contributed by atoms with Crippen molar-refractivity contribution in [3.8, 4) is 11.5 Å². The molecule has 0 saturated heterocycles. The molecule has 6 heteroatoms. The predicted octanol–water partition coefficient (Wildman–Crippen LogP) is 5.01. The van der Waals surface area contributed by atoms with E-state index in [1.807, 2.05) is 25.1 Å². The van der Waals surface area contributed by atoms with E-state index in [1.54, 1.807) is 60.7 Å². The smallest absolute Gasteiger partial charge is 0.508 e. The van der Waals surface area contributed by atoms with Gasteiger partial charge < -0.3 is 10.2 Å². The molecule has 2 atom stereocenters. The Bertz CT molecular complexity index is 1000. The van der Waals surface area contributed by atoms with Gasteiger partial charge in [0.1, 0.15) is 5.75 Å². The number of phenolic OH excluding ortho intramolecular Hbond substituents is 1. The van der Waals surface area contributed by atoms with Gasteiger partial charge in [0.2, 0.25) is 5.30 Å². The topological polar surface area (TPSA) is 83.8 Å². The molecule has 0 bridgehead atoms. The summed E-state index contributed by atoms with van der Waals surface area (Å²) < 4.78 is 18.6. The van der Waals surface area contributed by atoms with Gasteiger partial charge in [-0.05, 0) is 46.9 Å². The normalized spacial score (nSPS) is 13.3. The molecule has 2 unspecified atom stereocenters. The van der Waals surface area contributed by atoms with Gasteiger partial charge >= 0.3 is 14.0 Å². The molecule has 0 saturated carbocycles. The maximum absolute atomic E-state index is 12.7. The van der Waals surface area contributed by atoms with Crippen LogP contribution >= 0.6 is 8.03 Å². The number of para-hydroxylation sites is 1. The van der Waals surface area contributed by atoms with Gasteiger partial charge in [0, 0.05) is 17.4 Å². The lowest BCUT2D eigenvalue weighted by molar-refractivity contribution is -0.137. The second-order valence-corrected chi connectivity index (χ2v) is 8.17. The largest absolute Gasteiger partial charge is 0.597 e. The van der Waals surface area contributed by atoms with Gasteiger partial charge in [0.15, 0.2) is 5.75 Å². The van der Waals surface area contributed by atoms with E-state index in [2.05, 4.69) is 0 Å². The SMILES string of the molecule is CC(CCC(=O)O)(c1ccc(O)cc1)c1ccccc1O[P+](=O)c1ccccc1. The summed E-state index contributed by atoms with van der Waals surface area (Å²) >= 11 is 0. The van der Waals surface area contributed by atoms with Crippen LogP contribution in [0.25, 0.3) is 0 Å². The van der Waals surface area contributed by atoms with Gasteiger partial charge in [-0.1, -0.05) is 55.5 Å². The van der Waals surface area contributed by atoms with E-state index in [1.165, 1.54) is 0 Å². The van der Waals surface area contributed by atoms with Crippen LogP contribution in [0.4, 0.5) is 0 Å². The van der Waals surface area contributed by atoms with Crippen LogP contribution in [0.2, 0.25) is 0 Å². The summed E-state index contributed by atoms with van der Waals surface area (Å²) in [5, 5.41) is 19.5. The first-order valence-electron chi connectivity index (χ1n) is 9.21. The third-order valence-corrected chi connectivity index (χ3v) is 6.06. The first kappa shape index (κ1) is 20.6. The molecule has 29 heavy (non-hydrogen) atoms. The molecule has 3 aromatic carbocycles. The third-order valence-electron chi connectivity index (χ3n) is 4.97. The summed E-state index contributed by atoms with van der Waals surface area (Å²) in [6, 6.07) is 22.8. The maximum atomic E-state index is 12.7. The molecule has 0 radical (unpaired) electrons. The van der Waals surface area contributed by atoms with Crippen molar-refractivity contribution in [3.05, 3.63) is 90.0 Å². The molecule has 2 N–H and O–H groups in total. The summed E-state index contributed by atoms with van der Waals surface area (Å²) in [7, 11) is -2.12. The number of carboxylic acids is 1. The van der Waals surface area contributed by atoms with Gasteiger partial charge in [-0.2, -0.15) is 0 Å². The van der Waals surface area contributed by atoms with Gasteiger partial charge in [0.25, 0.3) is 0 Å². The van der Waals surface area contributed by atoms with Crippen molar-refractivity contribution < 1.29 is 24.1 Å². The van der Waals surface area contributed by atoms with Gasteiger partial charge in [0.05, 0.1) is 0 Å². The molecule has 3 rings (SSSR count). The quantitative estimate of drug-likeness (QED) is 0.511. The predicted molar refractivity (Wildman–Crippen MR) is 112 cm³/mol. The van der Waals surface area contributed by atoms with Crippen molar-refractivity contribution in [3.63, 3.8) is 0 Å². The Morgan fingerprint density at radius 1 is 0.966 bits per heavy atom. The van der Waals surface area contributed by atoms with Crippen LogP contribution in [0.5, 0.6) is 11.5 Å². The fourth-order valence-electron chi connectivity index (χ4n) is 3.31. The van der Waals surface area contributed by atoms with Crippen molar-refractivity contribution in [1.29, 1.82) is 0 Å². The Morgan fingerprint density at radius 3 is 2.24 bits per heavy atom. The molecule has 0 heterocycles. The lowest BCUT2D eigenvalue weighted by atomic mass is 9.72. The van der Waals surface area contributed by atoms with Crippen LogP contribution in [0.15, 0.2) is 78.9 Å². The molecule has 0 spiro atoms. The summed E-state index contributed by atoms with van der Waals surface area (Å²) in [6.45, 7) is 1.93. The Morgan fingerprint density at radius 2 is 1.59 bits per heavy atom. The molecule has 3 aromatic rings. The van der Waals surface area contributed by atoms with Crippen LogP contribution in [-0.2, 0) is 14.8 Å². The van der Waals surface area contributed by atoms with Gasteiger partial charge in [-0.25, -0.2) is 4.52 Å². The highest BCUT2D eigenvalue weighted by molar-refractivity contribution is 7.48. The fraction of sp³-hybridized carbons (Fsp3) is 0.174. The molecule has 148 valence electrons. The number of hydrogen-bond acceptors (Lipinski definition) is 4. The van der Waals surface area contributed by atoms with E-state index in [9.17, 15) is 19.6 Å². The average molecular weight is 409 g/mol. The van der Waals surface area contributed by atoms with E-state index in [0.717, 1.165) is 11.1 Å². The molecular weight excluding hydrogens is 387 g/mol.